The summed E-state index contributed by atoms with van der Waals surface area (Å²) in [5.41, 5.74) is 2.87. The molecular formula is C21H25NO2. The monoisotopic (exact) mass is 323 g/mol. The molecule has 0 spiro atoms. The fourth-order valence-electron chi connectivity index (χ4n) is 3.61. The first-order chi connectivity index (χ1) is 11.4. The van der Waals surface area contributed by atoms with E-state index in [1.54, 1.807) is 6.08 Å². The summed E-state index contributed by atoms with van der Waals surface area (Å²) >= 11 is 0. The van der Waals surface area contributed by atoms with Gasteiger partial charge in [-0.05, 0) is 37.1 Å². The van der Waals surface area contributed by atoms with E-state index in [-0.39, 0.29) is 0 Å². The molecule has 2 N–H and O–H groups in total. The van der Waals surface area contributed by atoms with Gasteiger partial charge in [0, 0.05) is 11.1 Å². The van der Waals surface area contributed by atoms with E-state index in [1.165, 1.54) is 5.56 Å². The molecule has 24 heavy (non-hydrogen) atoms. The Morgan fingerprint density at radius 3 is 2.46 bits per heavy atom. The lowest BCUT2D eigenvalue weighted by Gasteiger charge is -2.39. The molecule has 2 atom stereocenters. The molecule has 126 valence electrons. The van der Waals surface area contributed by atoms with Crippen molar-refractivity contribution in [2.45, 2.75) is 38.0 Å². The molecule has 1 heterocycles. The van der Waals surface area contributed by atoms with E-state index in [4.69, 9.17) is 4.74 Å². The van der Waals surface area contributed by atoms with Gasteiger partial charge < -0.3 is 15.2 Å². The summed E-state index contributed by atoms with van der Waals surface area (Å²) in [6.45, 7) is 10.2. The molecule has 2 unspecified atom stereocenters. The number of hydrogen-bond donors (Lipinski definition) is 2. The molecule has 3 nitrogen and oxygen atoms in total. The number of ether oxygens (including phenoxy) is 1. The summed E-state index contributed by atoms with van der Waals surface area (Å²) < 4.78 is 6.17. The lowest BCUT2D eigenvalue weighted by molar-refractivity contribution is -0.177. The van der Waals surface area contributed by atoms with E-state index >= 15 is 0 Å². The number of likely N-dealkylation sites (N-methyl/N-ethyl adjacent to an activating group) is 1. The molecule has 2 aromatic carbocycles. The minimum atomic E-state index is -1.55. The van der Waals surface area contributed by atoms with Gasteiger partial charge in [0.05, 0.1) is 0 Å². The number of nitrogens with one attached hydrogen (secondary N) is 1. The third-order valence-electron chi connectivity index (χ3n) is 5.10. The number of aryl methyl sites for hydroxylation is 1. The van der Waals surface area contributed by atoms with Crippen molar-refractivity contribution < 1.29 is 9.84 Å². The largest absolute Gasteiger partial charge is 0.455 e. The van der Waals surface area contributed by atoms with E-state index < -0.39 is 11.3 Å². The molecule has 0 saturated carbocycles. The van der Waals surface area contributed by atoms with Crippen LogP contribution in [0.2, 0.25) is 0 Å². The molecule has 0 aromatic heterocycles. The molecule has 0 amide bonds. The maximum absolute atomic E-state index is 11.6. The first-order valence-corrected chi connectivity index (χ1v) is 8.34. The fourth-order valence-corrected chi connectivity index (χ4v) is 3.61. The van der Waals surface area contributed by atoms with Crippen LogP contribution >= 0.6 is 0 Å². The van der Waals surface area contributed by atoms with Crippen molar-refractivity contribution >= 4 is 0 Å². The van der Waals surface area contributed by atoms with Crippen molar-refractivity contribution in [1.82, 2.24) is 5.32 Å². The van der Waals surface area contributed by atoms with Gasteiger partial charge in [-0.2, -0.15) is 0 Å². The minimum Gasteiger partial charge on any atom is -0.455 e. The Hall–Kier alpha value is -2.10. The summed E-state index contributed by atoms with van der Waals surface area (Å²) in [7, 11) is 1.82. The van der Waals surface area contributed by atoms with Crippen LogP contribution in [0.3, 0.4) is 0 Å². The second-order valence-electron chi connectivity index (χ2n) is 6.73. The lowest BCUT2D eigenvalue weighted by Crippen LogP contribution is -2.55. The van der Waals surface area contributed by atoms with Crippen LogP contribution in [0.25, 0.3) is 0 Å². The third-order valence-corrected chi connectivity index (χ3v) is 5.10. The van der Waals surface area contributed by atoms with Gasteiger partial charge in [0.25, 0.3) is 5.79 Å². The summed E-state index contributed by atoms with van der Waals surface area (Å²) in [5.74, 6) is -0.466. The Morgan fingerprint density at radius 1 is 1.17 bits per heavy atom. The number of benzene rings is 2. The van der Waals surface area contributed by atoms with Crippen LogP contribution in [0.4, 0.5) is 0 Å². The number of hydrogen-bond acceptors (Lipinski definition) is 3. The molecule has 1 aliphatic heterocycles. The molecule has 3 rings (SSSR count). The van der Waals surface area contributed by atoms with Crippen LogP contribution in [0.15, 0.2) is 55.1 Å². The predicted molar refractivity (Wildman–Crippen MR) is 97.2 cm³/mol. The van der Waals surface area contributed by atoms with Gasteiger partial charge in [-0.15, -0.1) is 6.58 Å². The maximum atomic E-state index is 11.6. The minimum absolute atomic E-state index is 0.388. The molecule has 0 fully saturated rings. The van der Waals surface area contributed by atoms with Crippen molar-refractivity contribution in [3.63, 3.8) is 0 Å². The van der Waals surface area contributed by atoms with Crippen LogP contribution in [0, 0.1) is 6.92 Å². The topological polar surface area (TPSA) is 41.5 Å². The highest BCUT2D eigenvalue weighted by molar-refractivity contribution is 5.54. The van der Waals surface area contributed by atoms with Gasteiger partial charge in [0.2, 0.25) is 0 Å². The standard InChI is InChI=1S/C21H25NO2/c1-6-20(22-5)18-12-11-16(14(2)3)13-19(18)24-21(20,23)17-10-8-7-9-15(17)4/h6-14,22-23H,1H2,2-5H3. The predicted octanol–water partition coefficient (Wildman–Crippen LogP) is 3.96. The first kappa shape index (κ1) is 16.7. The molecule has 0 saturated heterocycles. The average molecular weight is 323 g/mol. The number of rotatable bonds is 4. The van der Waals surface area contributed by atoms with Crippen LogP contribution in [0.1, 0.15) is 42.0 Å². The molecule has 2 aromatic rings. The lowest BCUT2D eigenvalue weighted by atomic mass is 9.78. The molecule has 0 bridgehead atoms. The average Bonchev–Trinajstić information content (AvgIpc) is 2.83. The van der Waals surface area contributed by atoms with Crippen LogP contribution in [-0.4, -0.2) is 12.2 Å². The number of aliphatic hydroxyl groups is 1. The Kier molecular flexibility index (Phi) is 4.02. The number of fused-ring (bicyclic) bond motifs is 1. The highest BCUT2D eigenvalue weighted by atomic mass is 16.6. The fraction of sp³-hybridized carbons (Fsp3) is 0.333. The van der Waals surface area contributed by atoms with Crippen molar-refractivity contribution in [1.29, 1.82) is 0 Å². The van der Waals surface area contributed by atoms with Gasteiger partial charge in [-0.1, -0.05) is 56.3 Å². The molecular weight excluding hydrogens is 298 g/mol. The highest BCUT2D eigenvalue weighted by Crippen LogP contribution is 2.53. The zero-order valence-electron chi connectivity index (χ0n) is 14.8. The van der Waals surface area contributed by atoms with Crippen LogP contribution in [-0.2, 0) is 11.3 Å². The Morgan fingerprint density at radius 2 is 1.88 bits per heavy atom. The molecule has 1 aliphatic rings. The molecule has 0 aliphatic carbocycles. The van der Waals surface area contributed by atoms with Gasteiger partial charge >= 0.3 is 0 Å². The SMILES string of the molecule is C=CC1(NC)c2ccc(C(C)C)cc2OC1(O)c1ccccc1C. The summed E-state index contributed by atoms with van der Waals surface area (Å²) in [6, 6.07) is 13.9. The molecule has 3 heteroatoms. The van der Waals surface area contributed by atoms with Crippen molar-refractivity contribution in [2.75, 3.05) is 7.05 Å². The Bertz CT molecular complexity index is 783. The van der Waals surface area contributed by atoms with Gasteiger partial charge in [0.15, 0.2) is 0 Å². The normalized spacial score (nSPS) is 25.4. The van der Waals surface area contributed by atoms with Crippen molar-refractivity contribution in [3.05, 3.63) is 77.4 Å². The highest BCUT2D eigenvalue weighted by Gasteiger charge is 2.59. The second-order valence-corrected chi connectivity index (χ2v) is 6.73. The third kappa shape index (κ3) is 2.12. The zero-order chi connectivity index (χ0) is 17.5. The van der Waals surface area contributed by atoms with Crippen molar-refractivity contribution in [2.24, 2.45) is 0 Å². The second kappa shape index (κ2) is 5.76. The Labute approximate surface area is 144 Å². The smallest absolute Gasteiger partial charge is 0.261 e. The summed E-state index contributed by atoms with van der Waals surface area (Å²) in [6.07, 6.45) is 1.74. The summed E-state index contributed by atoms with van der Waals surface area (Å²) in [5, 5.41) is 14.9. The Balaban J connectivity index is 2.25. The van der Waals surface area contributed by atoms with E-state index in [0.717, 1.165) is 16.7 Å². The quantitative estimate of drug-likeness (QED) is 0.837. The van der Waals surface area contributed by atoms with E-state index in [1.807, 2.05) is 50.4 Å². The van der Waals surface area contributed by atoms with E-state index in [9.17, 15) is 5.11 Å². The van der Waals surface area contributed by atoms with E-state index in [0.29, 0.717) is 11.7 Å². The van der Waals surface area contributed by atoms with E-state index in [2.05, 4.69) is 31.8 Å². The van der Waals surface area contributed by atoms with Crippen molar-refractivity contribution in [3.8, 4) is 5.75 Å². The van der Waals surface area contributed by atoms with Gasteiger partial charge in [-0.3, -0.25) is 0 Å². The summed E-state index contributed by atoms with van der Waals surface area (Å²) in [4.78, 5) is 0. The maximum Gasteiger partial charge on any atom is 0.261 e. The van der Waals surface area contributed by atoms with Crippen LogP contribution < -0.4 is 10.1 Å². The molecule has 0 radical (unpaired) electrons. The van der Waals surface area contributed by atoms with Gasteiger partial charge in [-0.25, -0.2) is 0 Å². The van der Waals surface area contributed by atoms with Crippen LogP contribution in [0.5, 0.6) is 5.75 Å². The zero-order valence-corrected chi connectivity index (χ0v) is 14.8. The first-order valence-electron chi connectivity index (χ1n) is 8.34. The van der Waals surface area contributed by atoms with Gasteiger partial charge in [0.1, 0.15) is 11.3 Å².